The molecule has 5 N–H and O–H groups in total. The minimum Gasteiger partial charge on any atom is -0.449 e. The number of rotatable bonds is 3. The normalized spacial score (nSPS) is 9.50. The van der Waals surface area contributed by atoms with E-state index in [9.17, 15) is 9.59 Å². The summed E-state index contributed by atoms with van der Waals surface area (Å²) in [6.45, 7) is 1.86. The topological polar surface area (TPSA) is 105 Å². The number of hydrogen-bond donors (Lipinski definition) is 4. The maximum absolute atomic E-state index is 11.9. The van der Waals surface area contributed by atoms with Gasteiger partial charge in [0.15, 0.2) is 5.11 Å². The van der Waals surface area contributed by atoms with Gasteiger partial charge in [-0.2, -0.15) is 0 Å². The van der Waals surface area contributed by atoms with Crippen molar-refractivity contribution in [2.45, 2.75) is 6.92 Å². The van der Waals surface area contributed by atoms with Crippen LogP contribution in [-0.2, 0) is 4.74 Å². The minimum absolute atomic E-state index is 0.0236. The average molecular weight is 361 g/mol. The lowest BCUT2D eigenvalue weighted by atomic mass is 10.1. The van der Waals surface area contributed by atoms with Gasteiger partial charge < -0.3 is 15.8 Å². The molecule has 1 aromatic carbocycles. The van der Waals surface area contributed by atoms with Crippen LogP contribution >= 0.6 is 28.1 Å². The van der Waals surface area contributed by atoms with Crippen molar-refractivity contribution in [1.82, 2.24) is 10.9 Å². The number of hydrogen-bond acceptors (Lipinski definition) is 4. The molecule has 0 aromatic heterocycles. The molecule has 0 unspecified atom stereocenters. The summed E-state index contributed by atoms with van der Waals surface area (Å²) < 4.78 is 5.36. The molecule has 0 spiro atoms. The van der Waals surface area contributed by atoms with E-state index < -0.39 is 12.0 Å². The lowest BCUT2D eigenvalue weighted by Gasteiger charge is -2.12. The van der Waals surface area contributed by atoms with E-state index in [1.807, 2.05) is 0 Å². The number of nitrogens with one attached hydrogen (secondary N) is 3. The van der Waals surface area contributed by atoms with Crippen LogP contribution in [0.1, 0.15) is 17.3 Å². The Bertz CT molecular complexity index is 538. The van der Waals surface area contributed by atoms with Crippen molar-refractivity contribution < 1.29 is 14.3 Å². The number of benzene rings is 1. The number of nitrogens with two attached hydrogens (primary N) is 1. The van der Waals surface area contributed by atoms with Crippen molar-refractivity contribution in [1.29, 1.82) is 0 Å². The van der Waals surface area contributed by atoms with Crippen molar-refractivity contribution in [3.63, 3.8) is 0 Å². The van der Waals surface area contributed by atoms with Crippen LogP contribution in [0.25, 0.3) is 0 Å². The summed E-state index contributed by atoms with van der Waals surface area (Å²) in [5, 5.41) is 2.71. The molecular formula is C11H13BrN4O3S. The monoisotopic (exact) mass is 360 g/mol. The van der Waals surface area contributed by atoms with Crippen LogP contribution in [0.15, 0.2) is 22.7 Å². The maximum Gasteiger partial charge on any atom is 0.426 e. The van der Waals surface area contributed by atoms with E-state index in [0.717, 1.165) is 4.47 Å². The van der Waals surface area contributed by atoms with Gasteiger partial charge in [0.25, 0.3) is 5.91 Å². The molecule has 20 heavy (non-hydrogen) atoms. The molecule has 108 valence electrons. The van der Waals surface area contributed by atoms with E-state index in [1.54, 1.807) is 25.1 Å². The Morgan fingerprint density at radius 2 is 2.10 bits per heavy atom. The minimum atomic E-state index is -0.748. The Morgan fingerprint density at radius 1 is 1.40 bits per heavy atom. The third kappa shape index (κ3) is 5.02. The molecule has 0 aliphatic carbocycles. The van der Waals surface area contributed by atoms with Crippen molar-refractivity contribution >= 4 is 50.9 Å². The molecule has 0 atom stereocenters. The number of amides is 2. The van der Waals surface area contributed by atoms with Crippen LogP contribution in [0.4, 0.5) is 10.5 Å². The number of carbonyl (C=O) groups is 2. The first-order chi connectivity index (χ1) is 9.43. The Balaban J connectivity index is 2.81. The third-order valence-corrected chi connectivity index (χ3v) is 2.63. The van der Waals surface area contributed by atoms with Gasteiger partial charge in [0.05, 0.1) is 17.9 Å². The lowest BCUT2D eigenvalue weighted by molar-refractivity contribution is 0.0913. The number of ether oxygens (including phenoxy) is 1. The molecule has 0 aliphatic rings. The van der Waals surface area contributed by atoms with Crippen molar-refractivity contribution in [2.24, 2.45) is 5.73 Å². The fourth-order valence-corrected chi connectivity index (χ4v) is 1.76. The van der Waals surface area contributed by atoms with Crippen molar-refractivity contribution in [3.8, 4) is 0 Å². The molecule has 0 radical (unpaired) electrons. The fourth-order valence-electron chi connectivity index (χ4n) is 1.29. The molecule has 9 heteroatoms. The Kier molecular flexibility index (Phi) is 6.19. The molecule has 0 heterocycles. The molecule has 0 saturated heterocycles. The highest BCUT2D eigenvalue weighted by Gasteiger charge is 2.13. The number of halogens is 1. The van der Waals surface area contributed by atoms with Gasteiger partial charge in [0, 0.05) is 4.47 Å². The fraction of sp³-hybridized carbons (Fsp3) is 0.182. The largest absolute Gasteiger partial charge is 0.449 e. The Morgan fingerprint density at radius 3 is 2.70 bits per heavy atom. The van der Waals surface area contributed by atoms with E-state index in [4.69, 9.17) is 18.0 Å². The van der Waals surface area contributed by atoms with Crippen LogP contribution in [0.2, 0.25) is 0 Å². The lowest BCUT2D eigenvalue weighted by Crippen LogP contribution is -2.42. The highest BCUT2D eigenvalue weighted by molar-refractivity contribution is 9.10. The Labute approximate surface area is 129 Å². The standard InChI is InChI=1S/C11H13BrN4O3S/c1-2-19-11(18)16-15-9(17)7-4-3-6(12)5-8(7)14-10(13)20/h3-5H,2H2,1H3,(H,15,17)(H,16,18)(H3,13,14,20). The number of thiocarbonyl (C=S) groups is 1. The van der Waals surface area contributed by atoms with E-state index in [1.165, 1.54) is 0 Å². The quantitative estimate of drug-likeness (QED) is 0.480. The first kappa shape index (κ1) is 16.2. The molecule has 1 aromatic rings. The molecule has 1 rings (SSSR count). The highest BCUT2D eigenvalue weighted by atomic mass is 79.9. The molecule has 7 nitrogen and oxygen atoms in total. The number of anilines is 1. The molecule has 0 fully saturated rings. The molecule has 0 bridgehead atoms. The smallest absolute Gasteiger partial charge is 0.426 e. The molecule has 2 amide bonds. The van der Waals surface area contributed by atoms with Crippen molar-refractivity contribution in [2.75, 3.05) is 11.9 Å². The first-order valence-electron chi connectivity index (χ1n) is 5.53. The van der Waals surface area contributed by atoms with Gasteiger partial charge >= 0.3 is 6.09 Å². The predicted molar refractivity (Wildman–Crippen MR) is 82.2 cm³/mol. The summed E-state index contributed by atoms with van der Waals surface area (Å²) in [4.78, 5) is 23.0. The van der Waals surface area contributed by atoms with E-state index in [-0.39, 0.29) is 17.3 Å². The summed E-state index contributed by atoms with van der Waals surface area (Å²) in [5.41, 5.74) is 10.4. The zero-order chi connectivity index (χ0) is 15.1. The van der Waals surface area contributed by atoms with E-state index in [2.05, 4.69) is 36.8 Å². The molecule has 0 aliphatic heterocycles. The summed E-state index contributed by atoms with van der Waals surface area (Å²) in [5.74, 6) is -0.538. The zero-order valence-electron chi connectivity index (χ0n) is 10.5. The summed E-state index contributed by atoms with van der Waals surface area (Å²) in [7, 11) is 0. The van der Waals surface area contributed by atoms with Crippen LogP contribution in [0.5, 0.6) is 0 Å². The van der Waals surface area contributed by atoms with Gasteiger partial charge in [0.2, 0.25) is 0 Å². The van der Waals surface area contributed by atoms with Crippen LogP contribution in [0, 0.1) is 0 Å². The second kappa shape index (κ2) is 7.65. The zero-order valence-corrected chi connectivity index (χ0v) is 12.9. The summed E-state index contributed by atoms with van der Waals surface area (Å²) >= 11 is 8.01. The van der Waals surface area contributed by atoms with Gasteiger partial charge in [-0.05, 0) is 37.3 Å². The van der Waals surface area contributed by atoms with Crippen LogP contribution in [0.3, 0.4) is 0 Å². The number of carbonyl (C=O) groups excluding carboxylic acids is 2. The molecule has 0 saturated carbocycles. The summed E-state index contributed by atoms with van der Waals surface area (Å²) in [6.07, 6.45) is -0.748. The average Bonchev–Trinajstić information content (AvgIpc) is 2.36. The van der Waals surface area contributed by atoms with Crippen molar-refractivity contribution in [3.05, 3.63) is 28.2 Å². The first-order valence-corrected chi connectivity index (χ1v) is 6.73. The van der Waals surface area contributed by atoms with Gasteiger partial charge in [0.1, 0.15) is 0 Å². The van der Waals surface area contributed by atoms with Crippen LogP contribution < -0.4 is 21.9 Å². The maximum atomic E-state index is 11.9. The van der Waals surface area contributed by atoms with Gasteiger partial charge in [-0.3, -0.25) is 10.2 Å². The third-order valence-electron chi connectivity index (χ3n) is 2.04. The van der Waals surface area contributed by atoms with E-state index in [0.29, 0.717) is 5.69 Å². The second-order valence-corrected chi connectivity index (χ2v) is 4.83. The SMILES string of the molecule is CCOC(=O)NNC(=O)c1ccc(Br)cc1NC(N)=S. The number of hydrazine groups is 1. The van der Waals surface area contributed by atoms with E-state index >= 15 is 0 Å². The Hall–Kier alpha value is -1.87. The predicted octanol–water partition coefficient (Wildman–Crippen LogP) is 1.50. The van der Waals surface area contributed by atoms with Gasteiger partial charge in [-0.1, -0.05) is 15.9 Å². The second-order valence-electron chi connectivity index (χ2n) is 3.48. The summed E-state index contributed by atoms with van der Waals surface area (Å²) in [6, 6.07) is 4.86. The van der Waals surface area contributed by atoms with Crippen LogP contribution in [-0.4, -0.2) is 23.7 Å². The molecular weight excluding hydrogens is 348 g/mol. The van der Waals surface area contributed by atoms with Gasteiger partial charge in [-0.15, -0.1) is 0 Å². The highest BCUT2D eigenvalue weighted by Crippen LogP contribution is 2.21. The van der Waals surface area contributed by atoms with Gasteiger partial charge in [-0.25, -0.2) is 10.2 Å².